The SMILES string of the molecule is CCCCN(CC(=O)N1CC(=O)N(c2cccc(Cl)c2)C1)C(=O)c1cccc2ccccc12. The smallest absolute Gasteiger partial charge is 0.254 e. The summed E-state index contributed by atoms with van der Waals surface area (Å²) in [5.74, 6) is -0.602. The van der Waals surface area contributed by atoms with E-state index in [1.807, 2.05) is 43.3 Å². The number of hydrogen-bond donors (Lipinski definition) is 0. The van der Waals surface area contributed by atoms with E-state index in [0.29, 0.717) is 22.8 Å². The summed E-state index contributed by atoms with van der Waals surface area (Å²) in [6, 6.07) is 20.3. The molecule has 0 unspecified atom stereocenters. The predicted octanol–water partition coefficient (Wildman–Crippen LogP) is 4.57. The first-order valence-electron chi connectivity index (χ1n) is 11.1. The van der Waals surface area contributed by atoms with Crippen LogP contribution in [-0.2, 0) is 9.59 Å². The average Bonchev–Trinajstić information content (AvgIpc) is 3.22. The van der Waals surface area contributed by atoms with Crippen molar-refractivity contribution in [1.29, 1.82) is 0 Å². The number of nitrogens with zero attached hydrogens (tertiary/aromatic N) is 3. The Morgan fingerprint density at radius 1 is 1.03 bits per heavy atom. The lowest BCUT2D eigenvalue weighted by Gasteiger charge is -2.25. The van der Waals surface area contributed by atoms with Gasteiger partial charge < -0.3 is 9.80 Å². The fraction of sp³-hybridized carbons (Fsp3) is 0.269. The van der Waals surface area contributed by atoms with E-state index in [-0.39, 0.29) is 37.5 Å². The Morgan fingerprint density at radius 2 is 1.79 bits per heavy atom. The van der Waals surface area contributed by atoms with Gasteiger partial charge in [0.25, 0.3) is 5.91 Å². The molecule has 7 heteroatoms. The van der Waals surface area contributed by atoms with E-state index in [1.54, 1.807) is 35.2 Å². The monoisotopic (exact) mass is 463 g/mol. The number of anilines is 1. The van der Waals surface area contributed by atoms with Gasteiger partial charge in [-0.05, 0) is 41.5 Å². The molecule has 6 nitrogen and oxygen atoms in total. The summed E-state index contributed by atoms with van der Waals surface area (Å²) in [7, 11) is 0. The fourth-order valence-corrected chi connectivity index (χ4v) is 4.22. The third-order valence-corrected chi connectivity index (χ3v) is 6.06. The largest absolute Gasteiger partial charge is 0.329 e. The third kappa shape index (κ3) is 5.01. The highest BCUT2D eigenvalue weighted by Gasteiger charge is 2.33. The van der Waals surface area contributed by atoms with Crippen LogP contribution in [0.1, 0.15) is 30.1 Å². The first-order chi connectivity index (χ1) is 16.0. The summed E-state index contributed by atoms with van der Waals surface area (Å²) in [6.45, 7) is 2.57. The molecule has 0 atom stereocenters. The molecule has 0 N–H and O–H groups in total. The second-order valence-corrected chi connectivity index (χ2v) is 8.58. The van der Waals surface area contributed by atoms with E-state index < -0.39 is 0 Å². The van der Waals surface area contributed by atoms with E-state index in [4.69, 9.17) is 11.6 Å². The highest BCUT2D eigenvalue weighted by atomic mass is 35.5. The van der Waals surface area contributed by atoms with Crippen LogP contribution in [0, 0.1) is 0 Å². The van der Waals surface area contributed by atoms with Gasteiger partial charge >= 0.3 is 0 Å². The van der Waals surface area contributed by atoms with Crippen molar-refractivity contribution >= 4 is 45.8 Å². The number of amides is 3. The first kappa shape index (κ1) is 22.8. The van der Waals surface area contributed by atoms with Gasteiger partial charge in [0.1, 0.15) is 19.8 Å². The van der Waals surface area contributed by atoms with Crippen molar-refractivity contribution in [3.05, 3.63) is 77.3 Å². The van der Waals surface area contributed by atoms with Gasteiger partial charge in [0.15, 0.2) is 0 Å². The van der Waals surface area contributed by atoms with E-state index in [2.05, 4.69) is 0 Å². The Bertz CT molecular complexity index is 1190. The number of benzene rings is 3. The number of unbranched alkanes of at least 4 members (excludes halogenated alkanes) is 1. The van der Waals surface area contributed by atoms with Crippen molar-refractivity contribution in [3.8, 4) is 0 Å². The number of rotatable bonds is 7. The van der Waals surface area contributed by atoms with Crippen molar-refractivity contribution in [2.24, 2.45) is 0 Å². The first-order valence-corrected chi connectivity index (χ1v) is 11.5. The van der Waals surface area contributed by atoms with Gasteiger partial charge in [0.2, 0.25) is 11.8 Å². The van der Waals surface area contributed by atoms with Crippen LogP contribution < -0.4 is 4.90 Å². The van der Waals surface area contributed by atoms with Crippen LogP contribution in [0.2, 0.25) is 5.02 Å². The number of hydrogen-bond acceptors (Lipinski definition) is 3. The van der Waals surface area contributed by atoms with Crippen LogP contribution in [0.15, 0.2) is 66.7 Å². The second-order valence-electron chi connectivity index (χ2n) is 8.14. The van der Waals surface area contributed by atoms with Gasteiger partial charge in [-0.3, -0.25) is 19.3 Å². The molecular weight excluding hydrogens is 438 g/mol. The molecule has 3 aromatic carbocycles. The maximum atomic E-state index is 13.5. The van der Waals surface area contributed by atoms with Crippen molar-refractivity contribution in [3.63, 3.8) is 0 Å². The molecular formula is C26H26ClN3O3. The maximum Gasteiger partial charge on any atom is 0.254 e. The van der Waals surface area contributed by atoms with Gasteiger partial charge in [-0.1, -0.05) is 67.4 Å². The highest BCUT2D eigenvalue weighted by Crippen LogP contribution is 2.24. The summed E-state index contributed by atoms with van der Waals surface area (Å²) in [4.78, 5) is 43.8. The molecule has 0 radical (unpaired) electrons. The van der Waals surface area contributed by atoms with E-state index >= 15 is 0 Å². The summed E-state index contributed by atoms with van der Waals surface area (Å²) >= 11 is 6.06. The molecule has 1 fully saturated rings. The van der Waals surface area contributed by atoms with E-state index in [0.717, 1.165) is 23.6 Å². The van der Waals surface area contributed by atoms with Crippen LogP contribution >= 0.6 is 11.6 Å². The molecule has 0 aromatic heterocycles. The van der Waals surface area contributed by atoms with E-state index in [9.17, 15) is 14.4 Å². The molecule has 33 heavy (non-hydrogen) atoms. The molecule has 0 saturated carbocycles. The van der Waals surface area contributed by atoms with Crippen LogP contribution in [-0.4, -0.2) is 53.8 Å². The number of carbonyl (C=O) groups is 3. The molecule has 1 aliphatic rings. The lowest BCUT2D eigenvalue weighted by atomic mass is 10.0. The third-order valence-electron chi connectivity index (χ3n) is 5.83. The highest BCUT2D eigenvalue weighted by molar-refractivity contribution is 6.31. The van der Waals surface area contributed by atoms with Crippen LogP contribution in [0.5, 0.6) is 0 Å². The molecule has 1 aliphatic heterocycles. The minimum absolute atomic E-state index is 0.0184. The number of halogens is 1. The Hall–Kier alpha value is -3.38. The van der Waals surface area contributed by atoms with Crippen LogP contribution in [0.4, 0.5) is 5.69 Å². The van der Waals surface area contributed by atoms with Gasteiger partial charge in [0.05, 0.1) is 0 Å². The van der Waals surface area contributed by atoms with Crippen molar-refractivity contribution in [2.75, 3.05) is 31.2 Å². The van der Waals surface area contributed by atoms with Crippen molar-refractivity contribution in [2.45, 2.75) is 19.8 Å². The minimum Gasteiger partial charge on any atom is -0.329 e. The molecule has 0 aliphatic carbocycles. The molecule has 3 aromatic rings. The Labute approximate surface area is 198 Å². The molecule has 170 valence electrons. The predicted molar refractivity (Wildman–Crippen MR) is 130 cm³/mol. The van der Waals surface area contributed by atoms with Crippen molar-refractivity contribution < 1.29 is 14.4 Å². The topological polar surface area (TPSA) is 60.9 Å². The lowest BCUT2D eigenvalue weighted by Crippen LogP contribution is -2.43. The molecule has 1 saturated heterocycles. The average molecular weight is 464 g/mol. The standard InChI is InChI=1S/C26H26ClN3O3/c1-2-3-14-28(26(33)23-13-6-9-19-8-4-5-12-22(19)23)16-24(31)29-17-25(32)30(18-29)21-11-7-10-20(27)15-21/h4-13,15H,2-3,14,16-18H2,1H3. The maximum absolute atomic E-state index is 13.5. The van der Waals surface area contributed by atoms with Gasteiger partial charge in [-0.2, -0.15) is 0 Å². The Kier molecular flexibility index (Phi) is 6.94. The van der Waals surface area contributed by atoms with Crippen molar-refractivity contribution in [1.82, 2.24) is 9.80 Å². The molecule has 1 heterocycles. The lowest BCUT2D eigenvalue weighted by molar-refractivity contribution is -0.132. The summed E-state index contributed by atoms with van der Waals surface area (Å²) in [6.07, 6.45) is 1.69. The minimum atomic E-state index is -0.252. The summed E-state index contributed by atoms with van der Waals surface area (Å²) in [5, 5.41) is 2.37. The summed E-state index contributed by atoms with van der Waals surface area (Å²) < 4.78 is 0. The number of carbonyl (C=O) groups excluding carboxylic acids is 3. The zero-order chi connectivity index (χ0) is 23.4. The quantitative estimate of drug-likeness (QED) is 0.515. The second kappa shape index (κ2) is 10.0. The number of fused-ring (bicyclic) bond motifs is 1. The normalized spacial score (nSPS) is 13.6. The van der Waals surface area contributed by atoms with Gasteiger partial charge in [-0.25, -0.2) is 0 Å². The fourth-order valence-electron chi connectivity index (χ4n) is 4.03. The molecule has 4 rings (SSSR count). The Morgan fingerprint density at radius 3 is 2.58 bits per heavy atom. The van der Waals surface area contributed by atoms with Gasteiger partial charge in [0, 0.05) is 22.8 Å². The Balaban J connectivity index is 1.52. The van der Waals surface area contributed by atoms with Gasteiger partial charge in [-0.15, -0.1) is 0 Å². The van der Waals surface area contributed by atoms with E-state index in [1.165, 1.54) is 9.80 Å². The molecule has 0 bridgehead atoms. The van der Waals surface area contributed by atoms with Crippen LogP contribution in [0.25, 0.3) is 10.8 Å². The van der Waals surface area contributed by atoms with Crippen LogP contribution in [0.3, 0.4) is 0 Å². The summed E-state index contributed by atoms with van der Waals surface area (Å²) in [5.41, 5.74) is 1.23. The zero-order valence-corrected chi connectivity index (χ0v) is 19.3. The zero-order valence-electron chi connectivity index (χ0n) is 18.5. The molecule has 3 amide bonds. The molecule has 0 spiro atoms.